The molecule has 0 amide bonds. The lowest BCUT2D eigenvalue weighted by Gasteiger charge is -2.11. The van der Waals surface area contributed by atoms with Gasteiger partial charge in [0.25, 0.3) is 6.43 Å². The Bertz CT molecular complexity index is 954. The lowest BCUT2D eigenvalue weighted by Crippen LogP contribution is -2.22. The van der Waals surface area contributed by atoms with Crippen LogP contribution in [0.1, 0.15) is 15.9 Å². The molecule has 1 atom stereocenters. The topological polar surface area (TPSA) is 89.9 Å². The largest absolute Gasteiger partial charge is 0.484 e. The highest BCUT2D eigenvalue weighted by atomic mass is 32.2. The van der Waals surface area contributed by atoms with Gasteiger partial charge in [0, 0.05) is 18.2 Å². The molecule has 0 bridgehead atoms. The zero-order chi connectivity index (χ0) is 19.1. The number of sulfone groups is 1. The van der Waals surface area contributed by atoms with E-state index in [0.29, 0.717) is 5.56 Å². The van der Waals surface area contributed by atoms with Crippen LogP contribution in [0.5, 0.6) is 17.2 Å². The van der Waals surface area contributed by atoms with E-state index in [1.165, 1.54) is 36.4 Å². The molecule has 9 heteroatoms. The third-order valence-electron chi connectivity index (χ3n) is 3.86. The SMILES string of the molecule is CS(=O)(=O)c1ccc(Oc2cc(C(=O)O)cc3c2CC(C(F)F)O3)cc1. The summed E-state index contributed by atoms with van der Waals surface area (Å²) in [6.07, 6.45) is -3.15. The quantitative estimate of drug-likeness (QED) is 0.852. The van der Waals surface area contributed by atoms with Crippen molar-refractivity contribution >= 4 is 15.8 Å². The molecule has 1 N–H and O–H groups in total. The first-order chi connectivity index (χ1) is 12.1. The molecular weight excluding hydrogens is 370 g/mol. The fraction of sp³-hybridized carbons (Fsp3) is 0.235. The Balaban J connectivity index is 1.96. The number of rotatable bonds is 5. The van der Waals surface area contributed by atoms with E-state index in [2.05, 4.69) is 0 Å². The van der Waals surface area contributed by atoms with E-state index < -0.39 is 28.3 Å². The maximum Gasteiger partial charge on any atom is 0.335 e. The monoisotopic (exact) mass is 384 g/mol. The first kappa shape index (κ1) is 18.1. The molecule has 0 aliphatic carbocycles. The van der Waals surface area contributed by atoms with Crippen LogP contribution < -0.4 is 9.47 Å². The Hall–Kier alpha value is -2.68. The summed E-state index contributed by atoms with van der Waals surface area (Å²) in [6, 6.07) is 7.88. The molecular formula is C17H14F2O6S. The number of benzene rings is 2. The minimum atomic E-state index is -3.37. The van der Waals surface area contributed by atoms with E-state index in [4.69, 9.17) is 9.47 Å². The van der Waals surface area contributed by atoms with Gasteiger partial charge in [0.2, 0.25) is 0 Å². The van der Waals surface area contributed by atoms with Crippen LogP contribution in [0.3, 0.4) is 0 Å². The first-order valence-electron chi connectivity index (χ1n) is 7.48. The zero-order valence-electron chi connectivity index (χ0n) is 13.5. The molecule has 6 nitrogen and oxygen atoms in total. The van der Waals surface area contributed by atoms with E-state index in [1.54, 1.807) is 0 Å². The Morgan fingerprint density at radius 2 is 1.92 bits per heavy atom. The van der Waals surface area contributed by atoms with Gasteiger partial charge < -0.3 is 14.6 Å². The van der Waals surface area contributed by atoms with Crippen molar-refractivity contribution < 1.29 is 36.6 Å². The van der Waals surface area contributed by atoms with Crippen molar-refractivity contribution in [2.45, 2.75) is 23.8 Å². The smallest absolute Gasteiger partial charge is 0.335 e. The van der Waals surface area contributed by atoms with Crippen LogP contribution >= 0.6 is 0 Å². The normalized spacial score (nSPS) is 16.2. The molecule has 0 saturated heterocycles. The van der Waals surface area contributed by atoms with E-state index >= 15 is 0 Å². The Labute approximate surface area is 147 Å². The van der Waals surface area contributed by atoms with Crippen molar-refractivity contribution in [1.82, 2.24) is 0 Å². The van der Waals surface area contributed by atoms with Gasteiger partial charge in [0.1, 0.15) is 17.2 Å². The molecule has 138 valence electrons. The Morgan fingerprint density at radius 3 is 2.46 bits per heavy atom. The molecule has 0 saturated carbocycles. The van der Waals surface area contributed by atoms with Crippen LogP contribution in [0, 0.1) is 0 Å². The van der Waals surface area contributed by atoms with Gasteiger partial charge in [-0.1, -0.05) is 0 Å². The first-order valence-corrected chi connectivity index (χ1v) is 9.37. The summed E-state index contributed by atoms with van der Waals surface area (Å²) in [5.74, 6) is -0.898. The molecule has 1 heterocycles. The third-order valence-corrected chi connectivity index (χ3v) is 4.99. The molecule has 1 unspecified atom stereocenters. The number of alkyl halides is 2. The van der Waals surface area contributed by atoms with Crippen molar-refractivity contribution in [3.05, 3.63) is 47.5 Å². The maximum absolute atomic E-state index is 12.9. The van der Waals surface area contributed by atoms with Gasteiger partial charge >= 0.3 is 5.97 Å². The highest BCUT2D eigenvalue weighted by molar-refractivity contribution is 7.90. The fourth-order valence-electron chi connectivity index (χ4n) is 2.57. The van der Waals surface area contributed by atoms with E-state index in [-0.39, 0.29) is 34.1 Å². The molecule has 1 aliphatic rings. The predicted octanol–water partition coefficient (Wildman–Crippen LogP) is 3.15. The second kappa shape index (κ2) is 6.56. The molecule has 2 aromatic carbocycles. The average molecular weight is 384 g/mol. The van der Waals surface area contributed by atoms with Crippen molar-refractivity contribution in [1.29, 1.82) is 0 Å². The van der Waals surface area contributed by atoms with Gasteiger partial charge in [-0.05, 0) is 36.4 Å². The minimum Gasteiger partial charge on any atom is -0.484 e. The van der Waals surface area contributed by atoms with Crippen LogP contribution in [-0.2, 0) is 16.3 Å². The highest BCUT2D eigenvalue weighted by Crippen LogP contribution is 2.40. The van der Waals surface area contributed by atoms with E-state index in [9.17, 15) is 27.1 Å². The van der Waals surface area contributed by atoms with Gasteiger partial charge in [-0.15, -0.1) is 0 Å². The number of carboxylic acids is 1. The van der Waals surface area contributed by atoms with Crippen LogP contribution in [0.25, 0.3) is 0 Å². The number of fused-ring (bicyclic) bond motifs is 1. The summed E-state index contributed by atoms with van der Waals surface area (Å²) < 4.78 is 59.6. The molecule has 26 heavy (non-hydrogen) atoms. The minimum absolute atomic E-state index is 0.0398. The van der Waals surface area contributed by atoms with Crippen molar-refractivity contribution in [3.63, 3.8) is 0 Å². The molecule has 2 aromatic rings. The third kappa shape index (κ3) is 3.62. The molecule has 0 fully saturated rings. The van der Waals surface area contributed by atoms with Crippen molar-refractivity contribution in [3.8, 4) is 17.2 Å². The second-order valence-corrected chi connectivity index (χ2v) is 7.81. The predicted molar refractivity (Wildman–Crippen MR) is 87.2 cm³/mol. The molecule has 0 radical (unpaired) electrons. The van der Waals surface area contributed by atoms with Gasteiger partial charge in [-0.2, -0.15) is 0 Å². The summed E-state index contributed by atoms with van der Waals surface area (Å²) in [7, 11) is -3.37. The molecule has 1 aliphatic heterocycles. The molecule has 3 rings (SSSR count). The highest BCUT2D eigenvalue weighted by Gasteiger charge is 2.34. The number of carbonyl (C=O) groups is 1. The molecule has 0 spiro atoms. The summed E-state index contributed by atoms with van der Waals surface area (Å²) in [6.45, 7) is 0. The Kier molecular flexibility index (Phi) is 4.57. The lowest BCUT2D eigenvalue weighted by molar-refractivity contribution is 0.0245. The summed E-state index contributed by atoms with van der Waals surface area (Å²) in [4.78, 5) is 11.3. The van der Waals surface area contributed by atoms with Crippen LogP contribution in [-0.4, -0.2) is 38.3 Å². The Morgan fingerprint density at radius 1 is 1.27 bits per heavy atom. The number of halogens is 2. The van der Waals surface area contributed by atoms with Gasteiger partial charge in [-0.25, -0.2) is 22.0 Å². The number of aromatic carboxylic acids is 1. The number of ether oxygens (including phenoxy) is 2. The van der Waals surface area contributed by atoms with E-state index in [1.807, 2.05) is 0 Å². The average Bonchev–Trinajstić information content (AvgIpc) is 2.99. The summed E-state index contributed by atoms with van der Waals surface area (Å²) in [5, 5.41) is 9.18. The second-order valence-electron chi connectivity index (χ2n) is 5.80. The van der Waals surface area contributed by atoms with Crippen LogP contribution in [0.4, 0.5) is 8.78 Å². The summed E-state index contributed by atoms with van der Waals surface area (Å²) in [5.41, 5.74) is 0.175. The number of hydrogen-bond donors (Lipinski definition) is 1. The van der Waals surface area contributed by atoms with Crippen molar-refractivity contribution in [2.24, 2.45) is 0 Å². The van der Waals surface area contributed by atoms with Crippen LogP contribution in [0.2, 0.25) is 0 Å². The van der Waals surface area contributed by atoms with Gasteiger partial charge in [0.15, 0.2) is 15.9 Å². The number of hydrogen-bond acceptors (Lipinski definition) is 5. The van der Waals surface area contributed by atoms with Crippen LogP contribution in [0.15, 0.2) is 41.3 Å². The zero-order valence-corrected chi connectivity index (χ0v) is 14.3. The molecule has 0 aromatic heterocycles. The summed E-state index contributed by atoms with van der Waals surface area (Å²) >= 11 is 0. The van der Waals surface area contributed by atoms with Crippen molar-refractivity contribution in [2.75, 3.05) is 6.26 Å². The fourth-order valence-corrected chi connectivity index (χ4v) is 3.20. The van der Waals surface area contributed by atoms with E-state index in [0.717, 1.165) is 6.26 Å². The van der Waals surface area contributed by atoms with Gasteiger partial charge in [0.05, 0.1) is 10.5 Å². The lowest BCUT2D eigenvalue weighted by atomic mass is 10.1. The standard InChI is InChI=1S/C17H14F2O6S/c1-26(22,23)11-4-2-10(3-5-11)24-13-6-9(17(20)21)7-14-12(13)8-15(25-14)16(18)19/h2-7,15-16H,8H2,1H3,(H,20,21). The maximum atomic E-state index is 12.9. The number of carboxylic acid groups (broad SMARTS) is 1. The van der Waals surface area contributed by atoms with Gasteiger partial charge in [-0.3, -0.25) is 0 Å².